The number of phenols is 2. The van der Waals surface area contributed by atoms with Gasteiger partial charge in [0.1, 0.15) is 24.4 Å². The van der Waals surface area contributed by atoms with Gasteiger partial charge in [-0.15, -0.1) is 0 Å². The lowest BCUT2D eigenvalue weighted by Crippen LogP contribution is -2.62. The Kier molecular flexibility index (Phi) is 5.50. The number of oxime groups is 1. The number of piperidine rings is 1. The van der Waals surface area contributed by atoms with Gasteiger partial charge in [-0.1, -0.05) is 17.3 Å². The van der Waals surface area contributed by atoms with Gasteiger partial charge in [-0.05, 0) is 49.9 Å². The van der Waals surface area contributed by atoms with Crippen LogP contribution in [0.25, 0.3) is 0 Å². The number of hydrogen-bond acceptors (Lipinski definition) is 9. The van der Waals surface area contributed by atoms with Gasteiger partial charge in [0.25, 0.3) is 0 Å². The number of benzene rings is 2. The maximum absolute atomic E-state index is 13.7. The molecule has 3 N–H and O–H groups in total. The predicted molar refractivity (Wildman–Crippen MR) is 138 cm³/mol. The molecule has 9 heteroatoms. The molecular weight excluding hydrogens is 486 g/mol. The van der Waals surface area contributed by atoms with Crippen molar-refractivity contribution in [1.29, 1.82) is 0 Å². The molecule has 2 aromatic carbocycles. The molecule has 6 rings (SSSR count). The highest BCUT2D eigenvalue weighted by Gasteiger charge is 2.51. The first-order valence-electron chi connectivity index (χ1n) is 12.4. The quantitative estimate of drug-likeness (QED) is 0.279. The monoisotopic (exact) mass is 513 g/mol. The molecule has 3 aromatic rings. The number of pyridine rings is 1. The highest BCUT2D eigenvalue weighted by Crippen LogP contribution is 2.52. The van der Waals surface area contributed by atoms with Gasteiger partial charge in [-0.25, -0.2) is 0 Å². The highest BCUT2D eigenvalue weighted by molar-refractivity contribution is 6.31. The van der Waals surface area contributed by atoms with Crippen LogP contribution in [-0.4, -0.2) is 52.2 Å². The molecule has 38 heavy (non-hydrogen) atoms. The van der Waals surface area contributed by atoms with Gasteiger partial charge in [-0.2, -0.15) is 0 Å². The van der Waals surface area contributed by atoms with Crippen molar-refractivity contribution >= 4 is 17.3 Å². The smallest absolute Gasteiger partial charge is 0.202 e. The van der Waals surface area contributed by atoms with Crippen molar-refractivity contribution in [2.45, 2.75) is 37.8 Å². The Labute approximate surface area is 219 Å². The van der Waals surface area contributed by atoms with Gasteiger partial charge in [0.15, 0.2) is 5.78 Å². The third kappa shape index (κ3) is 3.35. The zero-order chi connectivity index (χ0) is 26.8. The van der Waals surface area contributed by atoms with Crippen molar-refractivity contribution in [3.05, 3.63) is 81.7 Å². The lowest BCUT2D eigenvalue weighted by Gasteiger charge is -2.49. The molecule has 0 radical (unpaired) electrons. The van der Waals surface area contributed by atoms with Crippen molar-refractivity contribution in [1.82, 2.24) is 10.3 Å². The third-order valence-electron chi connectivity index (χ3n) is 8.03. The minimum Gasteiger partial charge on any atom is -0.507 e. The number of phenolic OH excluding ortho intramolecular Hbond substituents is 2. The molecule has 194 valence electrons. The van der Waals surface area contributed by atoms with E-state index in [-0.39, 0.29) is 51.8 Å². The number of ether oxygens (including phenoxy) is 1. The van der Waals surface area contributed by atoms with Crippen LogP contribution in [0.5, 0.6) is 17.2 Å². The molecule has 9 nitrogen and oxygen atoms in total. The van der Waals surface area contributed by atoms with E-state index in [2.05, 4.69) is 15.5 Å². The van der Waals surface area contributed by atoms with Crippen molar-refractivity contribution in [3.8, 4) is 17.2 Å². The molecule has 1 aromatic heterocycles. The molecule has 0 spiro atoms. The molecule has 2 bridgehead atoms. The van der Waals surface area contributed by atoms with Crippen LogP contribution >= 0.6 is 0 Å². The molecule has 1 fully saturated rings. The Balaban J connectivity index is 1.52. The number of fused-ring (bicyclic) bond motifs is 6. The fraction of sp³-hybridized carbons (Fsp3) is 0.310. The number of carbonyl (C=O) groups is 2. The predicted octanol–water partition coefficient (Wildman–Crippen LogP) is 3.49. The van der Waals surface area contributed by atoms with E-state index in [1.54, 1.807) is 24.5 Å². The lowest BCUT2D eigenvalue weighted by molar-refractivity contribution is 0.0970. The van der Waals surface area contributed by atoms with E-state index in [1.807, 2.05) is 19.1 Å². The van der Waals surface area contributed by atoms with E-state index < -0.39 is 23.1 Å². The second-order valence-corrected chi connectivity index (χ2v) is 10.2. The van der Waals surface area contributed by atoms with Crippen LogP contribution in [0.2, 0.25) is 0 Å². The molecule has 1 saturated heterocycles. The number of nitrogens with one attached hydrogen (secondary N) is 1. The minimum atomic E-state index is -0.718. The first-order valence-corrected chi connectivity index (χ1v) is 12.4. The molecule has 3 heterocycles. The summed E-state index contributed by atoms with van der Waals surface area (Å²) in [6.45, 7) is 1.97. The summed E-state index contributed by atoms with van der Waals surface area (Å²) >= 11 is 0. The topological polar surface area (TPSA) is 130 Å². The number of hydrogen-bond donors (Lipinski definition) is 3. The summed E-state index contributed by atoms with van der Waals surface area (Å²) in [4.78, 5) is 36.6. The fourth-order valence-corrected chi connectivity index (χ4v) is 6.48. The summed E-state index contributed by atoms with van der Waals surface area (Å²) in [5, 5.41) is 31.1. The standard InChI is InChI=1S/C29H27N3O6/c1-29-13-17-20(18(31-29)12-15(28(29)32-38-3)11-14-7-9-30-10-8-14)26(35)23-22(25(17)34)24(33)16-5-4-6-19(37-2)21(16)27(23)36/h4-10,15,18,31,34-35H,11-13H2,1-3H3. The number of rotatable bonds is 4. The van der Waals surface area contributed by atoms with Gasteiger partial charge < -0.3 is 19.8 Å². The first kappa shape index (κ1) is 24.1. The van der Waals surface area contributed by atoms with Crippen molar-refractivity contribution in [3.63, 3.8) is 0 Å². The molecule has 0 saturated carbocycles. The van der Waals surface area contributed by atoms with E-state index in [4.69, 9.17) is 9.57 Å². The van der Waals surface area contributed by atoms with Gasteiger partial charge in [0.2, 0.25) is 5.78 Å². The highest BCUT2D eigenvalue weighted by atomic mass is 16.6. The average molecular weight is 514 g/mol. The summed E-state index contributed by atoms with van der Waals surface area (Å²) in [5.74, 6) is -1.44. The zero-order valence-corrected chi connectivity index (χ0v) is 21.2. The molecule has 0 amide bonds. The Morgan fingerprint density at radius 2 is 1.79 bits per heavy atom. The van der Waals surface area contributed by atoms with Crippen molar-refractivity contribution in [2.24, 2.45) is 11.1 Å². The summed E-state index contributed by atoms with van der Waals surface area (Å²) in [6.07, 6.45) is 4.93. The lowest BCUT2D eigenvalue weighted by atomic mass is 9.66. The van der Waals surface area contributed by atoms with Crippen LogP contribution in [0.15, 0.2) is 47.9 Å². The van der Waals surface area contributed by atoms with E-state index in [9.17, 15) is 19.8 Å². The molecule has 3 aliphatic rings. The molecular formula is C29H27N3O6. The normalized spacial score (nSPS) is 24.4. The second-order valence-electron chi connectivity index (χ2n) is 10.2. The molecule has 2 aliphatic heterocycles. The number of aromatic nitrogens is 1. The van der Waals surface area contributed by atoms with E-state index in [1.165, 1.54) is 20.3 Å². The van der Waals surface area contributed by atoms with Crippen LogP contribution in [0.1, 0.15) is 67.9 Å². The second kappa shape index (κ2) is 8.66. The maximum Gasteiger partial charge on any atom is 0.202 e. The zero-order valence-electron chi connectivity index (χ0n) is 21.2. The summed E-state index contributed by atoms with van der Waals surface area (Å²) in [6, 6.07) is 8.25. The Hall–Kier alpha value is -4.24. The number of carbonyl (C=O) groups excluding carboxylic acids is 2. The number of nitrogens with zero attached hydrogens (tertiary/aromatic N) is 2. The number of aromatic hydroxyl groups is 2. The molecule has 1 aliphatic carbocycles. The summed E-state index contributed by atoms with van der Waals surface area (Å²) in [5.41, 5.74) is 1.89. The SMILES string of the molecule is CON=C1C(Cc2ccncc2)CC2NC1(C)Cc1c(O)c3c(c(O)c12)C(=O)c1c(OC)cccc1C3=O. The fourth-order valence-electron chi connectivity index (χ4n) is 6.48. The molecule has 3 unspecified atom stereocenters. The van der Waals surface area contributed by atoms with E-state index in [0.717, 1.165) is 11.3 Å². The number of methoxy groups -OCH3 is 1. The van der Waals surface area contributed by atoms with Crippen molar-refractivity contribution < 1.29 is 29.4 Å². The third-order valence-corrected chi connectivity index (χ3v) is 8.03. The van der Waals surface area contributed by atoms with Crippen LogP contribution in [0.4, 0.5) is 0 Å². The van der Waals surface area contributed by atoms with Crippen LogP contribution < -0.4 is 10.1 Å². The summed E-state index contributed by atoms with van der Waals surface area (Å²) in [7, 11) is 2.92. The van der Waals surface area contributed by atoms with Gasteiger partial charge in [0, 0.05) is 41.0 Å². The molecule has 3 atom stereocenters. The minimum absolute atomic E-state index is 0.0440. The van der Waals surface area contributed by atoms with Gasteiger partial charge >= 0.3 is 0 Å². The van der Waals surface area contributed by atoms with Crippen LogP contribution in [-0.2, 0) is 17.7 Å². The largest absolute Gasteiger partial charge is 0.507 e. The van der Waals surface area contributed by atoms with Crippen molar-refractivity contribution in [2.75, 3.05) is 14.2 Å². The van der Waals surface area contributed by atoms with E-state index in [0.29, 0.717) is 24.0 Å². The average Bonchev–Trinajstić information content (AvgIpc) is 2.91. The van der Waals surface area contributed by atoms with E-state index >= 15 is 0 Å². The van der Waals surface area contributed by atoms with Crippen LogP contribution in [0, 0.1) is 5.92 Å². The van der Waals surface area contributed by atoms with Crippen LogP contribution in [0.3, 0.4) is 0 Å². The maximum atomic E-state index is 13.7. The first-order chi connectivity index (χ1) is 18.3. The van der Waals surface area contributed by atoms with Gasteiger partial charge in [0.05, 0.1) is 35.1 Å². The Morgan fingerprint density at radius 1 is 1.05 bits per heavy atom. The van der Waals surface area contributed by atoms with Gasteiger partial charge in [-0.3, -0.25) is 19.9 Å². The Bertz CT molecular complexity index is 1530. The number of ketones is 2. The summed E-state index contributed by atoms with van der Waals surface area (Å²) < 4.78 is 5.35. The Morgan fingerprint density at radius 3 is 2.50 bits per heavy atom.